The Balaban J connectivity index is 2.36. The van der Waals surface area contributed by atoms with Crippen molar-refractivity contribution in [3.63, 3.8) is 0 Å². The first-order valence-corrected chi connectivity index (χ1v) is 5.46. The normalized spacial score (nSPS) is 19.7. The summed E-state index contributed by atoms with van der Waals surface area (Å²) in [6, 6.07) is 0. The number of hydrogen-bond donors (Lipinski definition) is 2. The first kappa shape index (κ1) is 12.5. The highest BCUT2D eigenvalue weighted by Gasteiger charge is 2.26. The Kier molecular flexibility index (Phi) is 3.53. The summed E-state index contributed by atoms with van der Waals surface area (Å²) < 4.78 is 5.39. The van der Waals surface area contributed by atoms with Crippen molar-refractivity contribution in [2.75, 3.05) is 30.0 Å². The minimum Gasteiger partial charge on any atom is -0.375 e. The van der Waals surface area contributed by atoms with Crippen molar-refractivity contribution in [1.82, 2.24) is 9.97 Å². The summed E-state index contributed by atoms with van der Waals surface area (Å²) in [5, 5.41) is 11.0. The van der Waals surface area contributed by atoms with Gasteiger partial charge in [-0.15, -0.1) is 0 Å². The van der Waals surface area contributed by atoms with Gasteiger partial charge in [0.25, 0.3) is 0 Å². The standard InChI is InChI=1S/C9H14N6O3/c1-6-5-14(2-3-18-6)8-7(15(16)17)4-11-9(12-8)13-10/h4,6H,2-3,5,10H2,1H3,(H,11,12,13). The van der Waals surface area contributed by atoms with E-state index in [2.05, 4.69) is 15.4 Å². The molecule has 0 aliphatic carbocycles. The van der Waals surface area contributed by atoms with Crippen molar-refractivity contribution in [1.29, 1.82) is 0 Å². The Morgan fingerprint density at radius 3 is 3.11 bits per heavy atom. The summed E-state index contributed by atoms with van der Waals surface area (Å²) in [4.78, 5) is 20.1. The molecule has 0 spiro atoms. The number of hydrazine groups is 1. The molecule has 98 valence electrons. The van der Waals surface area contributed by atoms with Crippen LogP contribution >= 0.6 is 0 Å². The van der Waals surface area contributed by atoms with Crippen molar-refractivity contribution in [2.45, 2.75) is 13.0 Å². The second kappa shape index (κ2) is 5.10. The van der Waals surface area contributed by atoms with E-state index in [4.69, 9.17) is 10.6 Å². The van der Waals surface area contributed by atoms with Gasteiger partial charge < -0.3 is 9.64 Å². The molecule has 0 amide bonds. The Hall–Kier alpha value is -2.00. The molecule has 1 aliphatic heterocycles. The van der Waals surface area contributed by atoms with E-state index >= 15 is 0 Å². The third kappa shape index (κ3) is 2.46. The second-order valence-corrected chi connectivity index (χ2v) is 3.93. The SMILES string of the molecule is CC1CN(c2nc(NN)ncc2[N+](=O)[O-])CCO1. The number of nitro groups is 1. The van der Waals surface area contributed by atoms with Crippen LogP contribution in [0.1, 0.15) is 6.92 Å². The van der Waals surface area contributed by atoms with Gasteiger partial charge in [0.05, 0.1) is 17.6 Å². The van der Waals surface area contributed by atoms with Gasteiger partial charge in [-0.2, -0.15) is 4.98 Å². The van der Waals surface area contributed by atoms with Crippen LogP contribution in [0.25, 0.3) is 0 Å². The van der Waals surface area contributed by atoms with Crippen LogP contribution in [0.5, 0.6) is 0 Å². The number of nitrogen functional groups attached to an aromatic ring is 1. The van der Waals surface area contributed by atoms with Crippen LogP contribution < -0.4 is 16.2 Å². The molecule has 0 bridgehead atoms. The van der Waals surface area contributed by atoms with Crippen molar-refractivity contribution in [3.8, 4) is 0 Å². The maximum atomic E-state index is 11.0. The lowest BCUT2D eigenvalue weighted by atomic mass is 10.3. The van der Waals surface area contributed by atoms with Gasteiger partial charge in [-0.05, 0) is 6.92 Å². The van der Waals surface area contributed by atoms with Gasteiger partial charge in [0.1, 0.15) is 6.20 Å². The molecule has 1 fully saturated rings. The smallest absolute Gasteiger partial charge is 0.329 e. The monoisotopic (exact) mass is 254 g/mol. The summed E-state index contributed by atoms with van der Waals surface area (Å²) in [6.07, 6.45) is 1.15. The minimum atomic E-state index is -0.504. The molecule has 18 heavy (non-hydrogen) atoms. The van der Waals surface area contributed by atoms with Crippen LogP contribution in [0.4, 0.5) is 17.5 Å². The Bertz CT molecular complexity index is 454. The Morgan fingerprint density at radius 1 is 1.72 bits per heavy atom. The number of morpholine rings is 1. The number of anilines is 2. The molecular formula is C9H14N6O3. The van der Waals surface area contributed by atoms with Gasteiger partial charge in [0, 0.05) is 13.1 Å². The van der Waals surface area contributed by atoms with Crippen LogP contribution in [0.2, 0.25) is 0 Å². The van der Waals surface area contributed by atoms with Gasteiger partial charge >= 0.3 is 5.69 Å². The Labute approximate surface area is 103 Å². The summed E-state index contributed by atoms with van der Waals surface area (Å²) >= 11 is 0. The minimum absolute atomic E-state index is 0.00241. The lowest BCUT2D eigenvalue weighted by Gasteiger charge is -2.31. The van der Waals surface area contributed by atoms with Gasteiger partial charge in [0.2, 0.25) is 11.8 Å². The van der Waals surface area contributed by atoms with E-state index in [1.165, 1.54) is 0 Å². The molecule has 9 nitrogen and oxygen atoms in total. The largest absolute Gasteiger partial charge is 0.375 e. The number of ether oxygens (including phenoxy) is 1. The maximum Gasteiger partial charge on any atom is 0.329 e. The van der Waals surface area contributed by atoms with Crippen molar-refractivity contribution < 1.29 is 9.66 Å². The maximum absolute atomic E-state index is 11.0. The molecule has 1 atom stereocenters. The molecule has 2 rings (SSSR count). The average molecular weight is 254 g/mol. The molecule has 1 aliphatic rings. The van der Waals surface area contributed by atoms with Crippen LogP contribution in [-0.2, 0) is 4.74 Å². The predicted octanol–water partition coefficient (Wildman–Crippen LogP) is -0.105. The summed E-state index contributed by atoms with van der Waals surface area (Å²) in [7, 11) is 0. The summed E-state index contributed by atoms with van der Waals surface area (Å²) in [5.74, 6) is 5.62. The predicted molar refractivity (Wildman–Crippen MR) is 64.1 cm³/mol. The fourth-order valence-corrected chi connectivity index (χ4v) is 1.81. The number of nitrogens with zero attached hydrogens (tertiary/aromatic N) is 4. The van der Waals surface area contributed by atoms with Crippen LogP contribution in [0.3, 0.4) is 0 Å². The molecule has 1 aromatic rings. The fourth-order valence-electron chi connectivity index (χ4n) is 1.81. The number of nitrogens with one attached hydrogen (secondary N) is 1. The van der Waals surface area contributed by atoms with Gasteiger partial charge in [-0.3, -0.25) is 15.5 Å². The topological polar surface area (TPSA) is 119 Å². The highest BCUT2D eigenvalue weighted by atomic mass is 16.6. The zero-order chi connectivity index (χ0) is 13.1. The van der Waals surface area contributed by atoms with Crippen LogP contribution in [0.15, 0.2) is 6.20 Å². The van der Waals surface area contributed by atoms with Crippen LogP contribution in [0, 0.1) is 10.1 Å². The number of aromatic nitrogens is 2. The molecule has 1 unspecified atom stereocenters. The first-order valence-electron chi connectivity index (χ1n) is 5.46. The van der Waals surface area contributed by atoms with E-state index in [0.717, 1.165) is 6.20 Å². The third-order valence-electron chi connectivity index (χ3n) is 2.62. The van der Waals surface area contributed by atoms with E-state index < -0.39 is 4.92 Å². The fraction of sp³-hybridized carbons (Fsp3) is 0.556. The summed E-state index contributed by atoms with van der Waals surface area (Å²) in [5.41, 5.74) is 2.15. The van der Waals surface area contributed by atoms with Gasteiger partial charge in [-0.25, -0.2) is 10.8 Å². The van der Waals surface area contributed by atoms with Crippen molar-refractivity contribution >= 4 is 17.5 Å². The van der Waals surface area contributed by atoms with E-state index in [1.54, 1.807) is 4.90 Å². The van der Waals surface area contributed by atoms with E-state index in [1.807, 2.05) is 6.92 Å². The lowest BCUT2D eigenvalue weighted by molar-refractivity contribution is -0.384. The third-order valence-corrected chi connectivity index (χ3v) is 2.62. The number of rotatable bonds is 3. The van der Waals surface area contributed by atoms with Gasteiger partial charge in [0.15, 0.2) is 0 Å². The first-order chi connectivity index (χ1) is 8.61. The second-order valence-electron chi connectivity index (χ2n) is 3.93. The highest BCUT2D eigenvalue weighted by Crippen LogP contribution is 2.27. The molecule has 1 saturated heterocycles. The zero-order valence-corrected chi connectivity index (χ0v) is 9.87. The zero-order valence-electron chi connectivity index (χ0n) is 9.87. The molecule has 0 aromatic carbocycles. The highest BCUT2D eigenvalue weighted by molar-refractivity contribution is 5.59. The average Bonchev–Trinajstić information content (AvgIpc) is 2.38. The molecule has 9 heteroatoms. The molecule has 3 N–H and O–H groups in total. The van der Waals surface area contributed by atoms with Gasteiger partial charge in [-0.1, -0.05) is 0 Å². The van der Waals surface area contributed by atoms with E-state index in [9.17, 15) is 10.1 Å². The number of nitrogens with two attached hydrogens (primary N) is 1. The molecule has 0 saturated carbocycles. The van der Waals surface area contributed by atoms with E-state index in [0.29, 0.717) is 19.7 Å². The van der Waals surface area contributed by atoms with Crippen LogP contribution in [-0.4, -0.2) is 40.7 Å². The van der Waals surface area contributed by atoms with Crippen molar-refractivity contribution in [3.05, 3.63) is 16.3 Å². The number of hydrogen-bond acceptors (Lipinski definition) is 8. The Morgan fingerprint density at radius 2 is 2.50 bits per heavy atom. The molecule has 0 radical (unpaired) electrons. The summed E-state index contributed by atoms with van der Waals surface area (Å²) in [6.45, 7) is 3.50. The molecular weight excluding hydrogens is 240 g/mol. The lowest BCUT2D eigenvalue weighted by Crippen LogP contribution is -2.42. The molecule has 2 heterocycles. The van der Waals surface area contributed by atoms with Crippen molar-refractivity contribution in [2.24, 2.45) is 5.84 Å². The molecule has 1 aromatic heterocycles. The van der Waals surface area contributed by atoms with E-state index in [-0.39, 0.29) is 23.6 Å². The quantitative estimate of drug-likeness (QED) is 0.435.